The molecule has 3 aromatic carbocycles. The number of alkyl halides is 2. The molecule has 0 spiro atoms. The minimum atomic E-state index is -1.37. The molecule has 1 aliphatic rings. The quantitative estimate of drug-likeness (QED) is 0.261. The van der Waals surface area contributed by atoms with Crippen LogP contribution in [0, 0.1) is 17.6 Å². The molecule has 0 aliphatic heterocycles. The largest absolute Gasteiger partial charge is 0.326 e. The average molecular weight is 619 g/mol. The normalized spacial score (nSPS) is 17.6. The van der Waals surface area contributed by atoms with Gasteiger partial charge in [-0.15, -0.1) is 23.2 Å². The molecule has 2 amide bonds. The van der Waals surface area contributed by atoms with Crippen LogP contribution in [-0.4, -0.2) is 16.1 Å². The molecule has 38 heavy (non-hydrogen) atoms. The highest BCUT2D eigenvalue weighted by Gasteiger charge is 2.67. The lowest BCUT2D eigenvalue weighted by Crippen LogP contribution is -2.19. The number of allylic oxidation sites excluding steroid dienone is 1. The molecule has 4 nitrogen and oxygen atoms in total. The lowest BCUT2D eigenvalue weighted by Gasteiger charge is -2.13. The van der Waals surface area contributed by atoms with E-state index in [1.807, 2.05) is 0 Å². The van der Waals surface area contributed by atoms with Crippen LogP contribution in [0.3, 0.4) is 0 Å². The molecule has 11 heteroatoms. The third kappa shape index (κ3) is 6.11. The van der Waals surface area contributed by atoms with E-state index in [4.69, 9.17) is 58.0 Å². The Morgan fingerprint density at radius 1 is 0.974 bits per heavy atom. The summed E-state index contributed by atoms with van der Waals surface area (Å²) in [4.78, 5) is 25.8. The first-order chi connectivity index (χ1) is 17.8. The summed E-state index contributed by atoms with van der Waals surface area (Å²) in [5.74, 6) is -4.04. The number of hydrogen-bond acceptors (Lipinski definition) is 2. The zero-order valence-corrected chi connectivity index (χ0v) is 23.4. The average Bonchev–Trinajstić information content (AvgIpc) is 3.39. The highest BCUT2D eigenvalue weighted by molar-refractivity contribution is 6.53. The molecule has 1 saturated carbocycles. The van der Waals surface area contributed by atoms with E-state index in [0.29, 0.717) is 32.9 Å². The van der Waals surface area contributed by atoms with Crippen LogP contribution in [0.5, 0.6) is 0 Å². The van der Waals surface area contributed by atoms with Crippen molar-refractivity contribution < 1.29 is 18.4 Å². The number of carbonyl (C=O) groups excluding carboxylic acids is 2. The molecule has 4 rings (SSSR count). The van der Waals surface area contributed by atoms with Crippen molar-refractivity contribution in [2.24, 2.45) is 5.92 Å². The second-order valence-electron chi connectivity index (χ2n) is 8.94. The molecule has 3 aromatic rings. The summed E-state index contributed by atoms with van der Waals surface area (Å²) < 4.78 is 26.7. The number of anilines is 2. The molecule has 0 heterocycles. The van der Waals surface area contributed by atoms with E-state index in [-0.39, 0.29) is 21.8 Å². The number of carbonyl (C=O) groups is 2. The summed E-state index contributed by atoms with van der Waals surface area (Å²) in [5, 5.41) is 6.27. The number of amides is 2. The maximum absolute atomic E-state index is 14.4. The minimum absolute atomic E-state index is 0.00145. The van der Waals surface area contributed by atoms with Gasteiger partial charge in [0, 0.05) is 33.3 Å². The van der Waals surface area contributed by atoms with Crippen LogP contribution < -0.4 is 10.6 Å². The van der Waals surface area contributed by atoms with Crippen molar-refractivity contribution in [3.63, 3.8) is 0 Å². The Bertz CT molecular complexity index is 1460. The van der Waals surface area contributed by atoms with E-state index in [2.05, 4.69) is 17.2 Å². The van der Waals surface area contributed by atoms with Crippen LogP contribution in [0.15, 0.2) is 55.1 Å². The van der Waals surface area contributed by atoms with Crippen molar-refractivity contribution in [3.05, 3.63) is 98.5 Å². The van der Waals surface area contributed by atoms with Crippen molar-refractivity contribution in [1.29, 1.82) is 0 Å². The maximum Gasteiger partial charge on any atom is 0.231 e. The Morgan fingerprint density at radius 3 is 2.26 bits per heavy atom. The van der Waals surface area contributed by atoms with Crippen molar-refractivity contribution in [2.75, 3.05) is 10.6 Å². The predicted molar refractivity (Wildman–Crippen MR) is 151 cm³/mol. The van der Waals surface area contributed by atoms with Crippen molar-refractivity contribution in [1.82, 2.24) is 0 Å². The second-order valence-corrected chi connectivity index (χ2v) is 11.7. The summed E-state index contributed by atoms with van der Waals surface area (Å²) >= 11 is 31.2. The zero-order valence-electron chi connectivity index (χ0n) is 19.6. The number of halogens is 7. The van der Waals surface area contributed by atoms with Gasteiger partial charge in [0.05, 0.1) is 23.0 Å². The Kier molecular flexibility index (Phi) is 8.31. The minimum Gasteiger partial charge on any atom is -0.326 e. The Morgan fingerprint density at radius 2 is 1.63 bits per heavy atom. The molecule has 2 unspecified atom stereocenters. The van der Waals surface area contributed by atoms with Crippen LogP contribution in [0.4, 0.5) is 20.2 Å². The van der Waals surface area contributed by atoms with E-state index >= 15 is 0 Å². The smallest absolute Gasteiger partial charge is 0.231 e. The van der Waals surface area contributed by atoms with Crippen LogP contribution in [0.25, 0.3) is 5.57 Å². The standard InChI is InChI=1S/C27H19Cl5F2N2O2/c1-12(2)18-8-16(33)9-21(34)19(18)11-23(37)36-22-10-17(3-4-20(22)30)35-26(38)25-24(27(25,31)32)13-5-14(28)7-15(29)6-13/h3-10,24-25H,1,11H2,2H3,(H,35,38)(H,36,37). The molecule has 0 radical (unpaired) electrons. The fourth-order valence-corrected chi connectivity index (χ4v) is 5.80. The van der Waals surface area contributed by atoms with Gasteiger partial charge in [0.2, 0.25) is 11.8 Å². The molecule has 0 aromatic heterocycles. The van der Waals surface area contributed by atoms with Crippen molar-refractivity contribution in [3.8, 4) is 0 Å². The molecule has 2 atom stereocenters. The SMILES string of the molecule is C=C(C)c1cc(F)cc(F)c1CC(=O)Nc1cc(NC(=O)C2C(c3cc(Cl)cc(Cl)c3)C2(Cl)Cl)ccc1Cl. The van der Waals surface area contributed by atoms with Gasteiger partial charge in [0.1, 0.15) is 16.0 Å². The van der Waals surface area contributed by atoms with Gasteiger partial charge in [-0.1, -0.05) is 47.0 Å². The van der Waals surface area contributed by atoms with Crippen LogP contribution in [0.1, 0.15) is 29.5 Å². The van der Waals surface area contributed by atoms with Gasteiger partial charge in [-0.3, -0.25) is 9.59 Å². The van der Waals surface area contributed by atoms with E-state index in [9.17, 15) is 18.4 Å². The van der Waals surface area contributed by atoms with Crippen LogP contribution >= 0.6 is 58.0 Å². The van der Waals surface area contributed by atoms with Gasteiger partial charge in [-0.25, -0.2) is 8.78 Å². The topological polar surface area (TPSA) is 58.2 Å². The first-order valence-electron chi connectivity index (χ1n) is 11.2. The first kappa shape index (κ1) is 28.7. The lowest BCUT2D eigenvalue weighted by molar-refractivity contribution is -0.117. The molecule has 0 bridgehead atoms. The van der Waals surface area contributed by atoms with Crippen LogP contribution in [0.2, 0.25) is 15.1 Å². The highest BCUT2D eigenvalue weighted by Crippen LogP contribution is 2.65. The number of nitrogens with one attached hydrogen (secondary N) is 2. The Labute approximate surface area is 242 Å². The monoisotopic (exact) mass is 616 g/mol. The predicted octanol–water partition coefficient (Wildman–Crippen LogP) is 8.67. The molecule has 198 valence electrons. The van der Waals surface area contributed by atoms with Gasteiger partial charge < -0.3 is 10.6 Å². The lowest BCUT2D eigenvalue weighted by atomic mass is 9.98. The van der Waals surface area contributed by atoms with Crippen molar-refractivity contribution in [2.45, 2.75) is 23.6 Å². The van der Waals surface area contributed by atoms with Gasteiger partial charge in [-0.05, 0) is 60.5 Å². The molecular formula is C27H19Cl5F2N2O2. The highest BCUT2D eigenvalue weighted by atomic mass is 35.5. The first-order valence-corrected chi connectivity index (χ1v) is 13.0. The number of hydrogen-bond donors (Lipinski definition) is 2. The van der Waals surface area contributed by atoms with Gasteiger partial charge >= 0.3 is 0 Å². The third-order valence-corrected chi connectivity index (χ3v) is 7.75. The van der Waals surface area contributed by atoms with Crippen molar-refractivity contribution >= 4 is 86.8 Å². The van der Waals surface area contributed by atoms with E-state index in [1.54, 1.807) is 25.1 Å². The Hall–Kier alpha value is -2.35. The number of rotatable bonds is 7. The second kappa shape index (κ2) is 11.0. The molecule has 0 saturated heterocycles. The summed E-state index contributed by atoms with van der Waals surface area (Å²) in [7, 11) is 0. The van der Waals surface area contributed by atoms with Gasteiger partial charge in [-0.2, -0.15) is 0 Å². The summed E-state index contributed by atoms with van der Waals surface area (Å²) in [5.41, 5.74) is 1.71. The van der Waals surface area contributed by atoms with Crippen LogP contribution in [-0.2, 0) is 16.0 Å². The fourth-order valence-electron chi connectivity index (χ4n) is 4.26. The number of benzene rings is 3. The summed E-state index contributed by atoms with van der Waals surface area (Å²) in [6.45, 7) is 5.30. The summed E-state index contributed by atoms with van der Waals surface area (Å²) in [6.07, 6.45) is -0.395. The maximum atomic E-state index is 14.4. The van der Waals surface area contributed by atoms with E-state index in [0.717, 1.165) is 6.07 Å². The molecular weight excluding hydrogens is 600 g/mol. The van der Waals surface area contributed by atoms with E-state index < -0.39 is 46.0 Å². The molecule has 1 aliphatic carbocycles. The summed E-state index contributed by atoms with van der Waals surface area (Å²) in [6, 6.07) is 11.1. The fraction of sp³-hybridized carbons (Fsp3) is 0.185. The van der Waals surface area contributed by atoms with Gasteiger partial charge in [0.25, 0.3) is 0 Å². The molecule has 1 fully saturated rings. The Balaban J connectivity index is 1.49. The third-order valence-electron chi connectivity index (χ3n) is 6.05. The zero-order chi connectivity index (χ0) is 27.9. The van der Waals surface area contributed by atoms with E-state index in [1.165, 1.54) is 18.2 Å². The van der Waals surface area contributed by atoms with Gasteiger partial charge in [0.15, 0.2) is 0 Å². The molecule has 2 N–H and O–H groups in total.